The number of carbonyl (C=O) groups is 3. The standard InChI is InChI=1S/C40H40NO6/c1-4-31-12-18-35(19-13-31)38(42)45-27-24-41(30-34-10-8-7-9-11-34,25-28-46-39(43)36-20-14-32(5-2)15-21-36)26-29-47-40(44)37-22-16-33(6-3)17-23-37/h4-23H,1-3,24-30H2/q+1. The van der Waals surface area contributed by atoms with Crippen molar-refractivity contribution in [3.05, 3.63) is 162 Å². The first-order valence-electron chi connectivity index (χ1n) is 15.4. The van der Waals surface area contributed by atoms with E-state index in [9.17, 15) is 14.4 Å². The molecule has 0 aliphatic heterocycles. The van der Waals surface area contributed by atoms with Crippen molar-refractivity contribution in [3.8, 4) is 0 Å². The molecule has 0 radical (unpaired) electrons. The minimum Gasteiger partial charge on any atom is -0.456 e. The zero-order valence-electron chi connectivity index (χ0n) is 26.5. The predicted molar refractivity (Wildman–Crippen MR) is 185 cm³/mol. The molecule has 0 N–H and O–H groups in total. The first kappa shape index (κ1) is 34.3. The van der Waals surface area contributed by atoms with Gasteiger partial charge in [-0.1, -0.05) is 105 Å². The predicted octanol–water partition coefficient (Wildman–Crippen LogP) is 7.50. The van der Waals surface area contributed by atoms with Crippen LogP contribution in [-0.4, -0.2) is 61.8 Å². The third-order valence-corrected chi connectivity index (χ3v) is 7.90. The van der Waals surface area contributed by atoms with Crippen LogP contribution in [0, 0.1) is 0 Å². The maximum Gasteiger partial charge on any atom is 0.338 e. The SMILES string of the molecule is C=Cc1ccc(C(=O)OCC[N+](CCOC(=O)c2ccc(C=C)cc2)(CCOC(=O)c2ccc(C=C)cc2)Cc2ccccc2)cc1. The molecule has 4 aromatic rings. The van der Waals surface area contributed by atoms with Crippen LogP contribution in [0.4, 0.5) is 0 Å². The number of rotatable bonds is 17. The van der Waals surface area contributed by atoms with Crippen LogP contribution in [0.3, 0.4) is 0 Å². The van der Waals surface area contributed by atoms with Crippen LogP contribution in [0.2, 0.25) is 0 Å². The van der Waals surface area contributed by atoms with Crippen molar-refractivity contribution < 1.29 is 33.1 Å². The molecule has 0 unspecified atom stereocenters. The van der Waals surface area contributed by atoms with Gasteiger partial charge < -0.3 is 18.7 Å². The molecule has 0 fully saturated rings. The second-order valence-corrected chi connectivity index (χ2v) is 11.0. The van der Waals surface area contributed by atoms with Gasteiger partial charge in [0.2, 0.25) is 0 Å². The largest absolute Gasteiger partial charge is 0.456 e. The lowest BCUT2D eigenvalue weighted by molar-refractivity contribution is -0.941. The van der Waals surface area contributed by atoms with E-state index in [0.717, 1.165) is 22.3 Å². The summed E-state index contributed by atoms with van der Waals surface area (Å²) in [6.07, 6.45) is 5.12. The van der Waals surface area contributed by atoms with E-state index in [-0.39, 0.29) is 19.8 Å². The maximum absolute atomic E-state index is 12.9. The molecule has 0 spiro atoms. The minimum atomic E-state index is -0.442. The molecule has 7 heteroatoms. The monoisotopic (exact) mass is 630 g/mol. The maximum atomic E-state index is 12.9. The summed E-state index contributed by atoms with van der Waals surface area (Å²) in [5.41, 5.74) is 5.04. The third kappa shape index (κ3) is 10.2. The Bertz CT molecular complexity index is 1490. The Morgan fingerprint density at radius 1 is 0.489 bits per heavy atom. The van der Waals surface area contributed by atoms with Gasteiger partial charge in [-0.25, -0.2) is 14.4 Å². The molecule has 0 saturated heterocycles. The fourth-order valence-corrected chi connectivity index (χ4v) is 5.06. The summed E-state index contributed by atoms with van der Waals surface area (Å²) in [5.74, 6) is -1.33. The lowest BCUT2D eigenvalue weighted by atomic mass is 10.1. The van der Waals surface area contributed by atoms with Crippen molar-refractivity contribution in [2.75, 3.05) is 39.5 Å². The van der Waals surface area contributed by atoms with E-state index in [4.69, 9.17) is 14.2 Å². The van der Waals surface area contributed by atoms with Crippen LogP contribution in [0.15, 0.2) is 123 Å². The van der Waals surface area contributed by atoms with Gasteiger partial charge in [0, 0.05) is 5.56 Å². The molecule has 0 amide bonds. The van der Waals surface area contributed by atoms with E-state index in [0.29, 0.717) is 47.4 Å². The van der Waals surface area contributed by atoms with Gasteiger partial charge >= 0.3 is 17.9 Å². The normalized spacial score (nSPS) is 10.8. The van der Waals surface area contributed by atoms with Crippen LogP contribution in [0.1, 0.15) is 53.3 Å². The summed E-state index contributed by atoms with van der Waals surface area (Å²) in [6, 6.07) is 30.9. The second-order valence-electron chi connectivity index (χ2n) is 11.0. The molecular formula is C40H40NO6+. The number of esters is 3. The Hall–Kier alpha value is -5.53. The molecular weight excluding hydrogens is 590 g/mol. The molecule has 0 atom stereocenters. The Kier molecular flexibility index (Phi) is 12.6. The third-order valence-electron chi connectivity index (χ3n) is 7.90. The summed E-state index contributed by atoms with van der Waals surface area (Å²) >= 11 is 0. The van der Waals surface area contributed by atoms with E-state index in [1.54, 1.807) is 91.0 Å². The van der Waals surface area contributed by atoms with E-state index < -0.39 is 17.9 Å². The Labute approximate surface area is 276 Å². The number of benzene rings is 4. The van der Waals surface area contributed by atoms with Gasteiger partial charge in [0.05, 0.1) is 16.7 Å². The lowest BCUT2D eigenvalue weighted by Crippen LogP contribution is -2.53. The van der Waals surface area contributed by atoms with Crippen molar-refractivity contribution in [2.24, 2.45) is 0 Å². The topological polar surface area (TPSA) is 78.9 Å². The fourth-order valence-electron chi connectivity index (χ4n) is 5.06. The fraction of sp³-hybridized carbons (Fsp3) is 0.175. The van der Waals surface area contributed by atoms with Crippen molar-refractivity contribution in [3.63, 3.8) is 0 Å². The van der Waals surface area contributed by atoms with Gasteiger partial charge in [0.25, 0.3) is 0 Å². The van der Waals surface area contributed by atoms with Gasteiger partial charge in [-0.05, 0) is 53.1 Å². The Morgan fingerprint density at radius 2 is 0.809 bits per heavy atom. The van der Waals surface area contributed by atoms with Gasteiger partial charge in [-0.15, -0.1) is 0 Å². The van der Waals surface area contributed by atoms with E-state index in [1.807, 2.05) is 30.3 Å². The van der Waals surface area contributed by atoms with Crippen LogP contribution in [-0.2, 0) is 20.8 Å². The lowest BCUT2D eigenvalue weighted by Gasteiger charge is -2.38. The highest BCUT2D eigenvalue weighted by Crippen LogP contribution is 2.18. The van der Waals surface area contributed by atoms with Crippen LogP contribution in [0.5, 0.6) is 0 Å². The van der Waals surface area contributed by atoms with E-state index >= 15 is 0 Å². The number of carbonyl (C=O) groups excluding carboxylic acids is 3. The second kappa shape index (κ2) is 17.2. The molecule has 0 aromatic heterocycles. The molecule has 47 heavy (non-hydrogen) atoms. The number of hydrogen-bond acceptors (Lipinski definition) is 6. The molecule has 4 rings (SSSR count). The summed E-state index contributed by atoms with van der Waals surface area (Å²) in [6.45, 7) is 13.2. The molecule has 7 nitrogen and oxygen atoms in total. The van der Waals surface area contributed by atoms with Crippen molar-refractivity contribution >= 4 is 36.1 Å². The smallest absolute Gasteiger partial charge is 0.338 e. The summed E-state index contributed by atoms with van der Waals surface area (Å²) in [7, 11) is 0. The summed E-state index contributed by atoms with van der Waals surface area (Å²) in [4.78, 5) is 38.7. The Morgan fingerprint density at radius 3 is 1.11 bits per heavy atom. The van der Waals surface area contributed by atoms with Crippen molar-refractivity contribution in [2.45, 2.75) is 6.54 Å². The van der Waals surface area contributed by atoms with Crippen molar-refractivity contribution in [1.29, 1.82) is 0 Å². The van der Waals surface area contributed by atoms with Crippen LogP contribution < -0.4 is 0 Å². The van der Waals surface area contributed by atoms with Crippen LogP contribution in [0.25, 0.3) is 18.2 Å². The molecule has 0 saturated carbocycles. The average molecular weight is 631 g/mol. The number of quaternary nitrogens is 1. The van der Waals surface area contributed by atoms with Gasteiger partial charge in [-0.3, -0.25) is 0 Å². The zero-order valence-corrected chi connectivity index (χ0v) is 26.5. The highest BCUT2D eigenvalue weighted by atomic mass is 16.5. The highest BCUT2D eigenvalue weighted by Gasteiger charge is 2.30. The van der Waals surface area contributed by atoms with Crippen LogP contribution >= 0.6 is 0 Å². The summed E-state index contributed by atoms with van der Waals surface area (Å²) < 4.78 is 17.5. The number of nitrogens with zero attached hydrogens (tertiary/aromatic N) is 1. The molecule has 0 aliphatic carbocycles. The van der Waals surface area contributed by atoms with Gasteiger partial charge in [-0.2, -0.15) is 0 Å². The summed E-state index contributed by atoms with van der Waals surface area (Å²) in [5, 5.41) is 0. The zero-order chi connectivity index (χ0) is 33.5. The van der Waals surface area contributed by atoms with Gasteiger partial charge in [0.15, 0.2) is 0 Å². The van der Waals surface area contributed by atoms with E-state index in [1.165, 1.54) is 0 Å². The minimum absolute atomic E-state index is 0.100. The van der Waals surface area contributed by atoms with Gasteiger partial charge in [0.1, 0.15) is 46.0 Å². The average Bonchev–Trinajstić information content (AvgIpc) is 3.12. The molecule has 0 aliphatic rings. The highest BCUT2D eigenvalue weighted by molar-refractivity contribution is 5.90. The first-order chi connectivity index (χ1) is 22.8. The number of hydrogen-bond donors (Lipinski definition) is 0. The molecule has 0 bridgehead atoms. The van der Waals surface area contributed by atoms with E-state index in [2.05, 4.69) is 19.7 Å². The first-order valence-corrected chi connectivity index (χ1v) is 15.4. The number of ether oxygens (including phenoxy) is 3. The molecule has 0 heterocycles. The Balaban J connectivity index is 1.50. The molecule has 240 valence electrons. The van der Waals surface area contributed by atoms with Crippen molar-refractivity contribution in [1.82, 2.24) is 0 Å². The quantitative estimate of drug-likeness (QED) is 0.0683. The molecule has 4 aromatic carbocycles.